The van der Waals surface area contributed by atoms with Gasteiger partial charge in [-0.1, -0.05) is 39.5 Å². The smallest absolute Gasteiger partial charge is 0.193 e. The summed E-state index contributed by atoms with van der Waals surface area (Å²) in [6, 6.07) is 0. The molecule has 20 heavy (non-hydrogen) atoms. The first-order valence-corrected chi connectivity index (χ1v) is 9.98. The number of rotatable bonds is 6. The fourth-order valence-electron chi connectivity index (χ4n) is 1.92. The second kappa shape index (κ2) is 6.27. The minimum absolute atomic E-state index is 0.0826. The van der Waals surface area contributed by atoms with Gasteiger partial charge in [-0.3, -0.25) is 0 Å². The van der Waals surface area contributed by atoms with Crippen molar-refractivity contribution in [2.45, 2.75) is 51.4 Å². The molecule has 0 aliphatic heterocycles. The Balaban J connectivity index is 2.94. The van der Waals surface area contributed by atoms with Crippen LogP contribution in [0.25, 0.3) is 0 Å². The van der Waals surface area contributed by atoms with Crippen LogP contribution in [0.15, 0.2) is 36.9 Å². The number of halogens is 1. The summed E-state index contributed by atoms with van der Waals surface area (Å²) in [4.78, 5) is 0. The fourth-order valence-corrected chi connectivity index (χ4v) is 3.19. The molecule has 1 aliphatic carbocycles. The molecule has 2 atom stereocenters. The molecular weight excluding hydrogens is 271 g/mol. The van der Waals surface area contributed by atoms with E-state index < -0.39 is 8.32 Å². The minimum atomic E-state index is -1.96. The first-order chi connectivity index (χ1) is 9.14. The van der Waals surface area contributed by atoms with E-state index >= 15 is 0 Å². The van der Waals surface area contributed by atoms with Crippen molar-refractivity contribution in [2.24, 2.45) is 5.92 Å². The highest BCUT2D eigenvalue weighted by atomic mass is 28.4. The fraction of sp³-hybridized carbons (Fsp3) is 0.625. The summed E-state index contributed by atoms with van der Waals surface area (Å²) < 4.78 is 26.1. The van der Waals surface area contributed by atoms with Crippen molar-refractivity contribution < 1.29 is 13.6 Å². The molecule has 1 aliphatic rings. The zero-order valence-electron chi connectivity index (χ0n) is 13.3. The maximum absolute atomic E-state index is 14.3. The lowest BCUT2D eigenvalue weighted by atomic mass is 10.1. The molecule has 2 nitrogen and oxygen atoms in total. The van der Waals surface area contributed by atoms with Crippen LogP contribution < -0.4 is 0 Å². The molecule has 0 amide bonds. The molecule has 0 aromatic carbocycles. The van der Waals surface area contributed by atoms with Crippen molar-refractivity contribution in [3.8, 4) is 0 Å². The molecule has 2 unspecified atom stereocenters. The highest BCUT2D eigenvalue weighted by Gasteiger charge is 2.44. The predicted molar refractivity (Wildman–Crippen MR) is 84.7 cm³/mol. The van der Waals surface area contributed by atoms with E-state index in [4.69, 9.17) is 9.16 Å². The van der Waals surface area contributed by atoms with E-state index in [2.05, 4.69) is 47.0 Å². The second-order valence-electron chi connectivity index (χ2n) is 6.76. The normalized spacial score (nSPS) is 23.9. The van der Waals surface area contributed by atoms with Crippen LogP contribution in [0.3, 0.4) is 0 Å². The molecule has 114 valence electrons. The Labute approximate surface area is 123 Å². The van der Waals surface area contributed by atoms with Gasteiger partial charge in [0.2, 0.25) is 0 Å². The summed E-state index contributed by atoms with van der Waals surface area (Å²) in [5.74, 6) is -0.213. The lowest BCUT2D eigenvalue weighted by molar-refractivity contribution is 0.122. The third-order valence-corrected chi connectivity index (χ3v) is 8.69. The summed E-state index contributed by atoms with van der Waals surface area (Å²) in [5, 5.41) is 0.0826. The highest BCUT2D eigenvalue weighted by molar-refractivity contribution is 6.74. The number of hydrogen-bond acceptors (Lipinski definition) is 2. The average Bonchev–Trinajstić information content (AvgIpc) is 2.61. The van der Waals surface area contributed by atoms with E-state index in [1.54, 1.807) is 12.2 Å². The molecule has 4 heteroatoms. The molecule has 0 radical (unpaired) electrons. The lowest BCUT2D eigenvalue weighted by Gasteiger charge is -2.38. The van der Waals surface area contributed by atoms with Gasteiger partial charge in [0.15, 0.2) is 14.1 Å². The van der Waals surface area contributed by atoms with Crippen LogP contribution in [0, 0.1) is 5.92 Å². The van der Waals surface area contributed by atoms with Gasteiger partial charge < -0.3 is 9.16 Å². The molecule has 0 saturated carbocycles. The zero-order chi connectivity index (χ0) is 15.6. The van der Waals surface area contributed by atoms with Gasteiger partial charge in [-0.25, -0.2) is 4.39 Å². The zero-order valence-corrected chi connectivity index (χ0v) is 14.3. The molecule has 1 rings (SSSR count). The Kier molecular flexibility index (Phi) is 5.38. The Morgan fingerprint density at radius 1 is 1.35 bits per heavy atom. The van der Waals surface area contributed by atoms with Crippen LogP contribution in [0.4, 0.5) is 4.39 Å². The van der Waals surface area contributed by atoms with Gasteiger partial charge >= 0.3 is 0 Å². The standard InChI is InChI=1S/C16H27FO2Si/c1-8-10-18-15-13(11-12(9-2)14(15)17)19-20(6,7)16(3,4)5/h8-9,12-13H,1-2,10-11H2,3-7H3. The Morgan fingerprint density at radius 2 is 1.95 bits per heavy atom. The first kappa shape index (κ1) is 17.2. The highest BCUT2D eigenvalue weighted by Crippen LogP contribution is 2.43. The van der Waals surface area contributed by atoms with E-state index in [0.717, 1.165) is 0 Å². The SMILES string of the molecule is C=CCOC1=C(F)C(C=C)CC1O[Si](C)(C)C(C)(C)C. The van der Waals surface area contributed by atoms with Crippen molar-refractivity contribution in [3.63, 3.8) is 0 Å². The van der Waals surface area contributed by atoms with Crippen LogP contribution in [-0.2, 0) is 9.16 Å². The summed E-state index contributed by atoms with van der Waals surface area (Å²) in [6.45, 7) is 18.4. The third-order valence-electron chi connectivity index (χ3n) is 4.21. The Bertz CT molecular complexity index is 407. The molecule has 0 aromatic rings. The maximum atomic E-state index is 14.3. The van der Waals surface area contributed by atoms with E-state index in [1.807, 2.05) is 0 Å². The lowest BCUT2D eigenvalue weighted by Crippen LogP contribution is -2.44. The van der Waals surface area contributed by atoms with Gasteiger partial charge in [-0.2, -0.15) is 0 Å². The molecule has 0 heterocycles. The molecule has 0 spiro atoms. The minimum Gasteiger partial charge on any atom is -0.488 e. The molecule has 0 fully saturated rings. The third kappa shape index (κ3) is 3.61. The number of allylic oxidation sites excluding steroid dienone is 2. The average molecular weight is 298 g/mol. The van der Waals surface area contributed by atoms with E-state index in [0.29, 0.717) is 18.8 Å². The van der Waals surface area contributed by atoms with Crippen molar-refractivity contribution >= 4 is 8.32 Å². The van der Waals surface area contributed by atoms with E-state index in [1.165, 1.54) is 0 Å². The summed E-state index contributed by atoms with van der Waals surface area (Å²) in [6.07, 6.45) is 3.51. The molecule has 0 bridgehead atoms. The van der Waals surface area contributed by atoms with Crippen LogP contribution in [0.1, 0.15) is 27.2 Å². The topological polar surface area (TPSA) is 18.5 Å². The molecule has 0 N–H and O–H groups in total. The number of hydrogen-bond donors (Lipinski definition) is 0. The molecular formula is C16H27FO2Si. The number of ether oxygens (including phenoxy) is 1. The van der Waals surface area contributed by atoms with Crippen molar-refractivity contribution in [3.05, 3.63) is 36.9 Å². The van der Waals surface area contributed by atoms with Crippen LogP contribution in [0.5, 0.6) is 0 Å². The maximum Gasteiger partial charge on any atom is 0.193 e. The molecule has 0 aromatic heterocycles. The second-order valence-corrected chi connectivity index (χ2v) is 11.5. The van der Waals surface area contributed by atoms with Crippen molar-refractivity contribution in [1.82, 2.24) is 0 Å². The summed E-state index contributed by atoms with van der Waals surface area (Å²) in [7, 11) is -1.96. The van der Waals surface area contributed by atoms with Gasteiger partial charge in [0.25, 0.3) is 0 Å². The van der Waals surface area contributed by atoms with Crippen LogP contribution in [0.2, 0.25) is 18.1 Å². The van der Waals surface area contributed by atoms with Crippen LogP contribution >= 0.6 is 0 Å². The van der Waals surface area contributed by atoms with Gasteiger partial charge in [0.05, 0.1) is 0 Å². The van der Waals surface area contributed by atoms with Crippen LogP contribution in [-0.4, -0.2) is 21.0 Å². The summed E-state index contributed by atoms with van der Waals surface area (Å²) in [5.41, 5.74) is 0. The Hall–Kier alpha value is -0.873. The van der Waals surface area contributed by atoms with E-state index in [9.17, 15) is 4.39 Å². The Morgan fingerprint density at radius 3 is 2.40 bits per heavy atom. The van der Waals surface area contributed by atoms with Gasteiger partial charge in [0.1, 0.15) is 18.5 Å². The summed E-state index contributed by atoms with van der Waals surface area (Å²) >= 11 is 0. The van der Waals surface area contributed by atoms with Gasteiger partial charge in [-0.05, 0) is 24.6 Å². The monoisotopic (exact) mass is 298 g/mol. The van der Waals surface area contributed by atoms with Gasteiger partial charge in [-0.15, -0.1) is 6.58 Å². The van der Waals surface area contributed by atoms with Gasteiger partial charge in [0, 0.05) is 5.92 Å². The predicted octanol–water partition coefficient (Wildman–Crippen LogP) is 4.97. The molecule has 0 saturated heterocycles. The van der Waals surface area contributed by atoms with E-state index in [-0.39, 0.29) is 22.9 Å². The van der Waals surface area contributed by atoms with Crippen molar-refractivity contribution in [2.75, 3.05) is 6.61 Å². The quantitative estimate of drug-likeness (QED) is 0.509. The first-order valence-electron chi connectivity index (χ1n) is 7.07. The largest absolute Gasteiger partial charge is 0.488 e. The van der Waals surface area contributed by atoms with Crippen molar-refractivity contribution in [1.29, 1.82) is 0 Å².